The van der Waals surface area contributed by atoms with Crippen molar-refractivity contribution >= 4 is 5.65 Å². The summed E-state index contributed by atoms with van der Waals surface area (Å²) in [4.78, 5) is 4.40. The average molecular weight is 239 g/mol. The Labute approximate surface area is 105 Å². The van der Waals surface area contributed by atoms with Gasteiger partial charge in [0.15, 0.2) is 11.5 Å². The molecule has 0 fully saturated rings. The SMILES string of the molecule is Cc1ccc2nc(COc3ccccc3)nn2c1. The summed E-state index contributed by atoms with van der Waals surface area (Å²) < 4.78 is 7.39. The molecule has 0 atom stereocenters. The van der Waals surface area contributed by atoms with E-state index in [0.29, 0.717) is 12.4 Å². The van der Waals surface area contributed by atoms with E-state index in [1.54, 1.807) is 4.52 Å². The zero-order valence-corrected chi connectivity index (χ0v) is 10.1. The Morgan fingerprint density at radius 2 is 1.94 bits per heavy atom. The van der Waals surface area contributed by atoms with Crippen molar-refractivity contribution in [3.8, 4) is 5.75 Å². The van der Waals surface area contributed by atoms with E-state index in [-0.39, 0.29) is 0 Å². The number of benzene rings is 1. The predicted octanol–water partition coefficient (Wildman–Crippen LogP) is 2.62. The van der Waals surface area contributed by atoms with Crippen LogP contribution in [0.3, 0.4) is 0 Å². The molecule has 0 spiro atoms. The Balaban J connectivity index is 1.79. The van der Waals surface area contributed by atoms with Gasteiger partial charge in [0.2, 0.25) is 0 Å². The Hall–Kier alpha value is -2.36. The Bertz CT molecular complexity index is 661. The van der Waals surface area contributed by atoms with Crippen LogP contribution in [0.2, 0.25) is 0 Å². The van der Waals surface area contributed by atoms with E-state index in [1.165, 1.54) is 0 Å². The number of ether oxygens (including phenoxy) is 1. The molecule has 18 heavy (non-hydrogen) atoms. The summed E-state index contributed by atoms with van der Waals surface area (Å²) in [5.74, 6) is 1.51. The molecule has 3 rings (SSSR count). The van der Waals surface area contributed by atoms with Gasteiger partial charge in [0.25, 0.3) is 0 Å². The molecule has 0 aliphatic rings. The molecule has 2 heterocycles. The molecule has 0 aliphatic carbocycles. The number of aromatic nitrogens is 3. The molecule has 0 bridgehead atoms. The summed E-state index contributed by atoms with van der Waals surface area (Å²) >= 11 is 0. The number of fused-ring (bicyclic) bond motifs is 1. The zero-order valence-electron chi connectivity index (χ0n) is 10.1. The van der Waals surface area contributed by atoms with Crippen molar-refractivity contribution in [1.29, 1.82) is 0 Å². The van der Waals surface area contributed by atoms with Crippen LogP contribution in [-0.4, -0.2) is 14.6 Å². The van der Waals surface area contributed by atoms with Crippen LogP contribution in [0.4, 0.5) is 0 Å². The molecule has 0 saturated carbocycles. The number of para-hydroxylation sites is 1. The number of hydrogen-bond acceptors (Lipinski definition) is 3. The third-order valence-corrected chi connectivity index (χ3v) is 2.63. The molecule has 90 valence electrons. The predicted molar refractivity (Wildman–Crippen MR) is 68.5 cm³/mol. The largest absolute Gasteiger partial charge is 0.486 e. The lowest BCUT2D eigenvalue weighted by atomic mass is 10.3. The summed E-state index contributed by atoms with van der Waals surface area (Å²) in [5.41, 5.74) is 2.00. The average Bonchev–Trinajstić information content (AvgIpc) is 2.79. The van der Waals surface area contributed by atoms with Crippen LogP contribution >= 0.6 is 0 Å². The lowest BCUT2D eigenvalue weighted by Crippen LogP contribution is -1.97. The molecule has 0 amide bonds. The molecular formula is C14H13N3O. The first-order valence-electron chi connectivity index (χ1n) is 5.81. The molecule has 0 saturated heterocycles. The van der Waals surface area contributed by atoms with Crippen LogP contribution in [0.5, 0.6) is 5.75 Å². The van der Waals surface area contributed by atoms with Gasteiger partial charge in [-0.05, 0) is 30.7 Å². The second kappa shape index (κ2) is 4.49. The Morgan fingerprint density at radius 1 is 1.11 bits per heavy atom. The highest BCUT2D eigenvalue weighted by Gasteiger charge is 2.04. The smallest absolute Gasteiger partial charge is 0.189 e. The normalized spacial score (nSPS) is 10.7. The van der Waals surface area contributed by atoms with Gasteiger partial charge in [0.05, 0.1) is 0 Å². The van der Waals surface area contributed by atoms with Crippen molar-refractivity contribution in [2.24, 2.45) is 0 Å². The van der Waals surface area contributed by atoms with Crippen LogP contribution in [0.25, 0.3) is 5.65 Å². The first-order valence-corrected chi connectivity index (χ1v) is 5.81. The van der Waals surface area contributed by atoms with Gasteiger partial charge in [-0.15, -0.1) is 5.10 Å². The van der Waals surface area contributed by atoms with Gasteiger partial charge in [-0.3, -0.25) is 0 Å². The standard InChI is InChI=1S/C14H13N3O/c1-11-7-8-14-15-13(16-17(14)9-11)10-18-12-5-3-2-4-6-12/h2-9H,10H2,1H3. The molecular weight excluding hydrogens is 226 g/mol. The van der Waals surface area contributed by atoms with Gasteiger partial charge in [-0.2, -0.15) is 0 Å². The molecule has 1 aromatic carbocycles. The van der Waals surface area contributed by atoms with Crippen molar-refractivity contribution in [1.82, 2.24) is 14.6 Å². The van der Waals surface area contributed by atoms with E-state index in [0.717, 1.165) is 17.0 Å². The summed E-state index contributed by atoms with van der Waals surface area (Å²) in [5, 5.41) is 4.37. The number of aryl methyl sites for hydroxylation is 1. The van der Waals surface area contributed by atoms with E-state index in [9.17, 15) is 0 Å². The van der Waals surface area contributed by atoms with Gasteiger partial charge in [-0.1, -0.05) is 24.3 Å². The molecule has 3 aromatic rings. The topological polar surface area (TPSA) is 39.4 Å². The van der Waals surface area contributed by atoms with Gasteiger partial charge < -0.3 is 4.74 Å². The lowest BCUT2D eigenvalue weighted by molar-refractivity contribution is 0.296. The molecule has 0 unspecified atom stereocenters. The third-order valence-electron chi connectivity index (χ3n) is 2.63. The number of rotatable bonds is 3. The Morgan fingerprint density at radius 3 is 2.78 bits per heavy atom. The van der Waals surface area contributed by atoms with Crippen molar-refractivity contribution < 1.29 is 4.74 Å². The van der Waals surface area contributed by atoms with E-state index in [2.05, 4.69) is 10.1 Å². The van der Waals surface area contributed by atoms with Crippen LogP contribution < -0.4 is 4.74 Å². The third kappa shape index (κ3) is 2.18. The molecule has 4 heteroatoms. The monoisotopic (exact) mass is 239 g/mol. The molecule has 0 N–H and O–H groups in total. The van der Waals surface area contributed by atoms with Crippen molar-refractivity contribution in [2.45, 2.75) is 13.5 Å². The number of pyridine rings is 1. The van der Waals surface area contributed by atoms with Crippen molar-refractivity contribution in [3.05, 3.63) is 60.0 Å². The van der Waals surface area contributed by atoms with E-state index in [4.69, 9.17) is 4.74 Å². The quantitative estimate of drug-likeness (QED) is 0.705. The van der Waals surface area contributed by atoms with Crippen LogP contribution in [-0.2, 0) is 6.61 Å². The molecule has 4 nitrogen and oxygen atoms in total. The minimum Gasteiger partial charge on any atom is -0.486 e. The van der Waals surface area contributed by atoms with Crippen LogP contribution in [0.15, 0.2) is 48.7 Å². The summed E-state index contributed by atoms with van der Waals surface area (Å²) in [6, 6.07) is 13.6. The highest BCUT2D eigenvalue weighted by molar-refractivity contribution is 5.38. The van der Waals surface area contributed by atoms with E-state index < -0.39 is 0 Å². The summed E-state index contributed by atoms with van der Waals surface area (Å²) in [7, 11) is 0. The Kier molecular flexibility index (Phi) is 2.68. The van der Waals surface area contributed by atoms with Gasteiger partial charge in [-0.25, -0.2) is 9.50 Å². The van der Waals surface area contributed by atoms with Crippen LogP contribution in [0, 0.1) is 6.92 Å². The minimum absolute atomic E-state index is 0.380. The summed E-state index contributed by atoms with van der Waals surface area (Å²) in [6.45, 7) is 2.41. The fourth-order valence-electron chi connectivity index (χ4n) is 1.76. The van der Waals surface area contributed by atoms with Crippen molar-refractivity contribution in [2.75, 3.05) is 0 Å². The lowest BCUT2D eigenvalue weighted by Gasteiger charge is -2.01. The first kappa shape index (κ1) is 10.8. The highest BCUT2D eigenvalue weighted by atomic mass is 16.5. The minimum atomic E-state index is 0.380. The van der Waals surface area contributed by atoms with Crippen molar-refractivity contribution in [3.63, 3.8) is 0 Å². The molecule has 2 aromatic heterocycles. The maximum absolute atomic E-state index is 5.61. The fraction of sp³-hybridized carbons (Fsp3) is 0.143. The second-order valence-corrected chi connectivity index (χ2v) is 4.14. The van der Waals surface area contributed by atoms with Gasteiger partial charge in [0, 0.05) is 6.20 Å². The molecule has 0 radical (unpaired) electrons. The van der Waals surface area contributed by atoms with E-state index >= 15 is 0 Å². The zero-order chi connectivity index (χ0) is 12.4. The molecule has 0 aliphatic heterocycles. The van der Waals surface area contributed by atoms with Crippen LogP contribution in [0.1, 0.15) is 11.4 Å². The van der Waals surface area contributed by atoms with Gasteiger partial charge >= 0.3 is 0 Å². The van der Waals surface area contributed by atoms with Gasteiger partial charge in [0.1, 0.15) is 12.4 Å². The maximum atomic E-state index is 5.61. The second-order valence-electron chi connectivity index (χ2n) is 4.14. The highest BCUT2D eigenvalue weighted by Crippen LogP contribution is 2.11. The first-order chi connectivity index (χ1) is 8.81. The maximum Gasteiger partial charge on any atom is 0.189 e. The summed E-state index contributed by atoms with van der Waals surface area (Å²) in [6.07, 6.45) is 1.95. The fourth-order valence-corrected chi connectivity index (χ4v) is 1.76. The number of nitrogens with zero attached hydrogens (tertiary/aromatic N) is 3. The van der Waals surface area contributed by atoms with E-state index in [1.807, 2.05) is 55.6 Å². The number of hydrogen-bond donors (Lipinski definition) is 0.